The zero-order valence-corrected chi connectivity index (χ0v) is 10.0. The largest absolute Gasteiger partial charge is 0.312 e. The molecule has 1 atom stereocenters. The highest BCUT2D eigenvalue weighted by Gasteiger charge is 2.21. The highest BCUT2D eigenvalue weighted by molar-refractivity contribution is 5.30. The van der Waals surface area contributed by atoms with E-state index in [1.165, 1.54) is 24.8 Å². The van der Waals surface area contributed by atoms with Crippen LogP contribution in [0.2, 0.25) is 0 Å². The number of hydrogen-bond acceptors (Lipinski definition) is 2. The molecule has 1 unspecified atom stereocenters. The van der Waals surface area contributed by atoms with Crippen LogP contribution in [0.3, 0.4) is 0 Å². The monoisotopic (exact) mass is 234 g/mol. The van der Waals surface area contributed by atoms with Crippen molar-refractivity contribution in [2.75, 3.05) is 6.54 Å². The Morgan fingerprint density at radius 2 is 2.18 bits per heavy atom. The van der Waals surface area contributed by atoms with E-state index in [4.69, 9.17) is 0 Å². The van der Waals surface area contributed by atoms with Gasteiger partial charge in [-0.1, -0.05) is 12.5 Å². The van der Waals surface area contributed by atoms with Crippen molar-refractivity contribution in [1.82, 2.24) is 10.6 Å². The summed E-state index contributed by atoms with van der Waals surface area (Å²) < 4.78 is 13.1. The van der Waals surface area contributed by atoms with Crippen molar-refractivity contribution in [3.63, 3.8) is 0 Å². The lowest BCUT2D eigenvalue weighted by atomic mass is 9.92. The van der Waals surface area contributed by atoms with Crippen molar-refractivity contribution in [2.24, 2.45) is 0 Å². The van der Waals surface area contributed by atoms with Gasteiger partial charge in [0.05, 0.1) is 0 Å². The standard InChI is InChI=1S/C14H19FN2/c15-12-5-4-10-7-14(16-8-11(10)6-12)9-17-13-2-1-3-13/h4-6,13-14,16-17H,1-3,7-9H2. The first-order valence-electron chi connectivity index (χ1n) is 6.55. The Kier molecular flexibility index (Phi) is 3.12. The Bertz CT molecular complexity index is 401. The van der Waals surface area contributed by atoms with Crippen LogP contribution in [-0.2, 0) is 13.0 Å². The average Bonchev–Trinajstić information content (AvgIpc) is 2.27. The van der Waals surface area contributed by atoms with Crippen molar-refractivity contribution in [1.29, 1.82) is 0 Å². The quantitative estimate of drug-likeness (QED) is 0.835. The van der Waals surface area contributed by atoms with Gasteiger partial charge >= 0.3 is 0 Å². The third-order valence-corrected chi connectivity index (χ3v) is 3.97. The second-order valence-corrected chi connectivity index (χ2v) is 5.23. The summed E-state index contributed by atoms with van der Waals surface area (Å²) in [7, 11) is 0. The molecular weight excluding hydrogens is 215 g/mol. The predicted octanol–water partition coefficient (Wildman–Crippen LogP) is 1.98. The minimum atomic E-state index is -0.128. The van der Waals surface area contributed by atoms with E-state index >= 15 is 0 Å². The second-order valence-electron chi connectivity index (χ2n) is 5.23. The van der Waals surface area contributed by atoms with Gasteiger partial charge in [-0.15, -0.1) is 0 Å². The highest BCUT2D eigenvalue weighted by atomic mass is 19.1. The molecular formula is C14H19FN2. The first kappa shape index (κ1) is 11.2. The van der Waals surface area contributed by atoms with Crippen LogP contribution in [0.5, 0.6) is 0 Å². The van der Waals surface area contributed by atoms with Gasteiger partial charge in [-0.05, 0) is 42.5 Å². The minimum Gasteiger partial charge on any atom is -0.312 e. The molecule has 2 N–H and O–H groups in total. The maximum Gasteiger partial charge on any atom is 0.123 e. The van der Waals surface area contributed by atoms with Gasteiger partial charge in [0, 0.05) is 25.2 Å². The van der Waals surface area contributed by atoms with E-state index in [0.717, 1.165) is 31.1 Å². The number of nitrogens with one attached hydrogen (secondary N) is 2. The van der Waals surface area contributed by atoms with Gasteiger partial charge in [0.25, 0.3) is 0 Å². The Labute approximate surface area is 102 Å². The molecule has 0 bridgehead atoms. The molecule has 3 heteroatoms. The third-order valence-electron chi connectivity index (χ3n) is 3.97. The van der Waals surface area contributed by atoms with Crippen LogP contribution in [0, 0.1) is 5.82 Å². The summed E-state index contributed by atoms with van der Waals surface area (Å²) in [4.78, 5) is 0. The van der Waals surface area contributed by atoms with Gasteiger partial charge in [-0.25, -0.2) is 4.39 Å². The number of rotatable bonds is 3. The molecule has 0 spiro atoms. The van der Waals surface area contributed by atoms with Crippen molar-refractivity contribution in [3.05, 3.63) is 35.1 Å². The molecule has 2 aliphatic rings. The summed E-state index contributed by atoms with van der Waals surface area (Å²) in [6, 6.07) is 6.39. The smallest absolute Gasteiger partial charge is 0.123 e. The van der Waals surface area contributed by atoms with E-state index in [9.17, 15) is 4.39 Å². The first-order valence-corrected chi connectivity index (χ1v) is 6.55. The van der Waals surface area contributed by atoms with Crippen molar-refractivity contribution in [3.8, 4) is 0 Å². The van der Waals surface area contributed by atoms with Crippen LogP contribution in [0.15, 0.2) is 18.2 Å². The lowest BCUT2D eigenvalue weighted by molar-refractivity contribution is 0.316. The lowest BCUT2D eigenvalue weighted by Crippen LogP contribution is -2.47. The Balaban J connectivity index is 1.58. The van der Waals surface area contributed by atoms with Gasteiger partial charge in [-0.3, -0.25) is 0 Å². The van der Waals surface area contributed by atoms with Crippen LogP contribution in [0.25, 0.3) is 0 Å². The van der Waals surface area contributed by atoms with E-state index in [1.54, 1.807) is 12.1 Å². The first-order chi connectivity index (χ1) is 8.31. The SMILES string of the molecule is Fc1ccc2c(c1)CNC(CNC1CCC1)C2. The van der Waals surface area contributed by atoms with Crippen LogP contribution in [0.1, 0.15) is 30.4 Å². The van der Waals surface area contributed by atoms with Gasteiger partial charge in [0.1, 0.15) is 5.82 Å². The molecule has 1 aromatic rings. The molecule has 1 saturated carbocycles. The van der Waals surface area contributed by atoms with Gasteiger partial charge in [-0.2, -0.15) is 0 Å². The van der Waals surface area contributed by atoms with E-state index in [-0.39, 0.29) is 5.82 Å². The van der Waals surface area contributed by atoms with E-state index in [2.05, 4.69) is 10.6 Å². The zero-order chi connectivity index (χ0) is 11.7. The Morgan fingerprint density at radius 1 is 1.29 bits per heavy atom. The maximum absolute atomic E-state index is 13.1. The zero-order valence-electron chi connectivity index (χ0n) is 10.0. The molecule has 1 heterocycles. The topological polar surface area (TPSA) is 24.1 Å². The molecule has 1 aliphatic carbocycles. The summed E-state index contributed by atoms with van der Waals surface area (Å²) in [5.41, 5.74) is 2.41. The van der Waals surface area contributed by atoms with Crippen LogP contribution >= 0.6 is 0 Å². The van der Waals surface area contributed by atoms with Crippen LogP contribution < -0.4 is 10.6 Å². The lowest BCUT2D eigenvalue weighted by Gasteiger charge is -2.31. The average molecular weight is 234 g/mol. The fourth-order valence-electron chi connectivity index (χ4n) is 2.62. The van der Waals surface area contributed by atoms with Gasteiger partial charge < -0.3 is 10.6 Å². The van der Waals surface area contributed by atoms with Crippen molar-refractivity contribution in [2.45, 2.75) is 44.3 Å². The minimum absolute atomic E-state index is 0.128. The summed E-state index contributed by atoms with van der Waals surface area (Å²) in [6.07, 6.45) is 5.04. The Morgan fingerprint density at radius 3 is 2.94 bits per heavy atom. The van der Waals surface area contributed by atoms with Crippen LogP contribution in [0.4, 0.5) is 4.39 Å². The predicted molar refractivity (Wildman–Crippen MR) is 66.4 cm³/mol. The molecule has 1 fully saturated rings. The molecule has 3 rings (SSSR count). The van der Waals surface area contributed by atoms with Crippen LogP contribution in [-0.4, -0.2) is 18.6 Å². The summed E-state index contributed by atoms with van der Waals surface area (Å²) >= 11 is 0. The number of benzene rings is 1. The molecule has 0 aromatic heterocycles. The Hall–Kier alpha value is -0.930. The van der Waals surface area contributed by atoms with Crippen molar-refractivity contribution >= 4 is 0 Å². The molecule has 1 aliphatic heterocycles. The number of hydrogen-bond donors (Lipinski definition) is 2. The third kappa shape index (κ3) is 2.50. The number of fused-ring (bicyclic) bond motifs is 1. The molecule has 0 radical (unpaired) electrons. The maximum atomic E-state index is 13.1. The highest BCUT2D eigenvalue weighted by Crippen LogP contribution is 2.20. The molecule has 1 aromatic carbocycles. The molecule has 2 nitrogen and oxygen atoms in total. The summed E-state index contributed by atoms with van der Waals surface area (Å²) in [5, 5.41) is 7.07. The van der Waals surface area contributed by atoms with E-state index in [1.807, 2.05) is 6.07 Å². The van der Waals surface area contributed by atoms with Gasteiger partial charge in [0.2, 0.25) is 0 Å². The van der Waals surface area contributed by atoms with E-state index < -0.39 is 0 Å². The normalized spacial score (nSPS) is 24.2. The second kappa shape index (κ2) is 4.75. The van der Waals surface area contributed by atoms with Crippen molar-refractivity contribution < 1.29 is 4.39 Å². The fourth-order valence-corrected chi connectivity index (χ4v) is 2.62. The fraction of sp³-hybridized carbons (Fsp3) is 0.571. The van der Waals surface area contributed by atoms with E-state index in [0.29, 0.717) is 6.04 Å². The van der Waals surface area contributed by atoms with Gasteiger partial charge in [0.15, 0.2) is 0 Å². The molecule has 92 valence electrons. The molecule has 0 amide bonds. The molecule has 0 saturated heterocycles. The number of halogens is 1. The summed E-state index contributed by atoms with van der Waals surface area (Å²) in [6.45, 7) is 1.82. The molecule has 17 heavy (non-hydrogen) atoms. The summed E-state index contributed by atoms with van der Waals surface area (Å²) in [5.74, 6) is -0.128.